The third kappa shape index (κ3) is 3.41. The van der Waals surface area contributed by atoms with Crippen molar-refractivity contribution in [2.45, 2.75) is 20.1 Å². The number of benzene rings is 2. The first-order valence-corrected chi connectivity index (χ1v) is 8.65. The molecule has 0 aliphatic carbocycles. The van der Waals surface area contributed by atoms with Gasteiger partial charge in [0.2, 0.25) is 5.82 Å². The number of fused-ring (bicyclic) bond motifs is 1. The van der Waals surface area contributed by atoms with Crippen LogP contribution in [0.4, 0.5) is 0 Å². The first kappa shape index (κ1) is 17.7. The standard InChI is InChI=1S/C19H17N5O4/c1-3-24-16-8-7-13(10-15(16)21-23-24)19(25)27-11-17-20-18(22-28-17)12-5-4-6-14(9-12)26-2/h4-10H,3,11H2,1-2H3. The lowest BCUT2D eigenvalue weighted by Crippen LogP contribution is -2.05. The first-order valence-electron chi connectivity index (χ1n) is 8.65. The largest absolute Gasteiger partial charge is 0.497 e. The van der Waals surface area contributed by atoms with Crippen molar-refractivity contribution in [3.63, 3.8) is 0 Å². The summed E-state index contributed by atoms with van der Waals surface area (Å²) < 4.78 is 17.4. The number of aromatic nitrogens is 5. The summed E-state index contributed by atoms with van der Waals surface area (Å²) in [4.78, 5) is 16.6. The third-order valence-corrected chi connectivity index (χ3v) is 4.17. The Morgan fingerprint density at radius 2 is 2.11 bits per heavy atom. The second-order valence-corrected chi connectivity index (χ2v) is 5.93. The van der Waals surface area contributed by atoms with Crippen LogP contribution in [-0.2, 0) is 17.9 Å². The number of rotatable bonds is 6. The Morgan fingerprint density at radius 3 is 2.93 bits per heavy atom. The quantitative estimate of drug-likeness (QED) is 0.471. The highest BCUT2D eigenvalue weighted by atomic mass is 16.6. The van der Waals surface area contributed by atoms with E-state index in [9.17, 15) is 4.79 Å². The number of hydrogen-bond donors (Lipinski definition) is 0. The Kier molecular flexibility index (Phi) is 4.71. The number of methoxy groups -OCH3 is 1. The van der Waals surface area contributed by atoms with Crippen molar-refractivity contribution < 1.29 is 18.8 Å². The normalized spacial score (nSPS) is 10.9. The second-order valence-electron chi connectivity index (χ2n) is 5.93. The Balaban J connectivity index is 1.44. The number of nitrogens with zero attached hydrogens (tertiary/aromatic N) is 5. The lowest BCUT2D eigenvalue weighted by molar-refractivity contribution is 0.0430. The van der Waals surface area contributed by atoms with Crippen molar-refractivity contribution in [2.24, 2.45) is 0 Å². The van der Waals surface area contributed by atoms with Crippen LogP contribution < -0.4 is 4.74 Å². The molecule has 0 saturated carbocycles. The first-order chi connectivity index (χ1) is 13.7. The smallest absolute Gasteiger partial charge is 0.338 e. The molecule has 0 N–H and O–H groups in total. The van der Waals surface area contributed by atoms with Gasteiger partial charge in [-0.3, -0.25) is 0 Å². The number of aryl methyl sites for hydroxylation is 1. The van der Waals surface area contributed by atoms with Gasteiger partial charge in [0, 0.05) is 12.1 Å². The van der Waals surface area contributed by atoms with Gasteiger partial charge in [0.25, 0.3) is 5.89 Å². The van der Waals surface area contributed by atoms with E-state index < -0.39 is 5.97 Å². The Labute approximate surface area is 159 Å². The monoisotopic (exact) mass is 379 g/mol. The molecule has 9 heteroatoms. The zero-order chi connectivity index (χ0) is 19.5. The van der Waals surface area contributed by atoms with Crippen LogP contribution in [0.1, 0.15) is 23.2 Å². The fraction of sp³-hybridized carbons (Fsp3) is 0.211. The SMILES string of the molecule is CCn1nnc2cc(C(=O)OCc3nc(-c4cccc(OC)c4)no3)ccc21. The van der Waals surface area contributed by atoms with E-state index in [0.29, 0.717) is 29.2 Å². The lowest BCUT2D eigenvalue weighted by atomic mass is 10.2. The number of esters is 1. The van der Waals surface area contributed by atoms with Crippen molar-refractivity contribution in [3.8, 4) is 17.1 Å². The van der Waals surface area contributed by atoms with E-state index in [0.717, 1.165) is 11.1 Å². The highest BCUT2D eigenvalue weighted by molar-refractivity contribution is 5.93. The van der Waals surface area contributed by atoms with Gasteiger partial charge in [0.15, 0.2) is 6.61 Å². The third-order valence-electron chi connectivity index (χ3n) is 4.17. The van der Waals surface area contributed by atoms with Crippen LogP contribution in [0.25, 0.3) is 22.4 Å². The molecular formula is C19H17N5O4. The highest BCUT2D eigenvalue weighted by Crippen LogP contribution is 2.21. The summed E-state index contributed by atoms with van der Waals surface area (Å²) in [5.74, 6) is 0.770. The van der Waals surface area contributed by atoms with Crippen molar-refractivity contribution >= 4 is 17.0 Å². The maximum absolute atomic E-state index is 12.3. The van der Waals surface area contributed by atoms with Crippen LogP contribution in [0.15, 0.2) is 47.0 Å². The van der Waals surface area contributed by atoms with Crippen LogP contribution in [0, 0.1) is 0 Å². The molecule has 4 rings (SSSR count). The average Bonchev–Trinajstić information content (AvgIpc) is 3.38. The summed E-state index contributed by atoms with van der Waals surface area (Å²) in [7, 11) is 1.58. The Morgan fingerprint density at radius 1 is 1.21 bits per heavy atom. The molecule has 2 aromatic carbocycles. The zero-order valence-electron chi connectivity index (χ0n) is 15.3. The molecule has 0 unspecified atom stereocenters. The molecule has 0 bridgehead atoms. The van der Waals surface area contributed by atoms with Crippen LogP contribution in [-0.4, -0.2) is 38.2 Å². The molecule has 0 fully saturated rings. The molecule has 28 heavy (non-hydrogen) atoms. The van der Waals surface area contributed by atoms with E-state index in [1.165, 1.54) is 0 Å². The summed E-state index contributed by atoms with van der Waals surface area (Å²) in [6.07, 6.45) is 0. The van der Waals surface area contributed by atoms with E-state index in [2.05, 4.69) is 20.5 Å². The van der Waals surface area contributed by atoms with Crippen LogP contribution in [0.2, 0.25) is 0 Å². The average molecular weight is 379 g/mol. The predicted molar refractivity (Wildman–Crippen MR) is 98.6 cm³/mol. The van der Waals surface area contributed by atoms with E-state index in [4.69, 9.17) is 14.0 Å². The summed E-state index contributed by atoms with van der Waals surface area (Å²) >= 11 is 0. The minimum atomic E-state index is -0.505. The number of carbonyl (C=O) groups excluding carboxylic acids is 1. The van der Waals surface area contributed by atoms with E-state index in [1.54, 1.807) is 36.1 Å². The summed E-state index contributed by atoms with van der Waals surface area (Å²) in [6.45, 7) is 2.54. The van der Waals surface area contributed by atoms with E-state index in [-0.39, 0.29) is 12.5 Å². The minimum Gasteiger partial charge on any atom is -0.497 e. The van der Waals surface area contributed by atoms with Gasteiger partial charge in [-0.15, -0.1) is 5.10 Å². The molecule has 0 spiro atoms. The summed E-state index contributed by atoms with van der Waals surface area (Å²) in [5.41, 5.74) is 2.61. The van der Waals surface area contributed by atoms with Gasteiger partial charge < -0.3 is 14.0 Å². The number of hydrogen-bond acceptors (Lipinski definition) is 8. The van der Waals surface area contributed by atoms with Gasteiger partial charge >= 0.3 is 5.97 Å². The van der Waals surface area contributed by atoms with Crippen LogP contribution in [0.3, 0.4) is 0 Å². The second kappa shape index (κ2) is 7.47. The predicted octanol–water partition coefficient (Wildman–Crippen LogP) is 2.87. The lowest BCUT2D eigenvalue weighted by Gasteiger charge is -2.02. The summed E-state index contributed by atoms with van der Waals surface area (Å²) in [5, 5.41) is 12.0. The fourth-order valence-electron chi connectivity index (χ4n) is 2.74. The molecule has 0 amide bonds. The van der Waals surface area contributed by atoms with Crippen molar-refractivity contribution in [1.82, 2.24) is 25.1 Å². The van der Waals surface area contributed by atoms with E-state index in [1.807, 2.05) is 25.1 Å². The molecule has 0 aliphatic heterocycles. The zero-order valence-corrected chi connectivity index (χ0v) is 15.3. The molecule has 0 atom stereocenters. The van der Waals surface area contributed by atoms with Gasteiger partial charge in [-0.25, -0.2) is 9.48 Å². The molecule has 2 aromatic heterocycles. The van der Waals surface area contributed by atoms with E-state index >= 15 is 0 Å². The Hall–Kier alpha value is -3.75. The molecule has 2 heterocycles. The van der Waals surface area contributed by atoms with Crippen LogP contribution in [0.5, 0.6) is 5.75 Å². The van der Waals surface area contributed by atoms with Gasteiger partial charge in [-0.1, -0.05) is 22.5 Å². The van der Waals surface area contributed by atoms with Crippen molar-refractivity contribution in [3.05, 3.63) is 53.9 Å². The van der Waals surface area contributed by atoms with Gasteiger partial charge in [-0.05, 0) is 37.3 Å². The molecule has 0 radical (unpaired) electrons. The van der Waals surface area contributed by atoms with Gasteiger partial charge in [-0.2, -0.15) is 4.98 Å². The molecular weight excluding hydrogens is 362 g/mol. The summed E-state index contributed by atoms with van der Waals surface area (Å²) in [6, 6.07) is 12.4. The topological polar surface area (TPSA) is 105 Å². The Bertz CT molecular complexity index is 1130. The van der Waals surface area contributed by atoms with Gasteiger partial charge in [0.1, 0.15) is 11.3 Å². The molecule has 9 nitrogen and oxygen atoms in total. The highest BCUT2D eigenvalue weighted by Gasteiger charge is 2.14. The molecule has 142 valence electrons. The van der Waals surface area contributed by atoms with Gasteiger partial charge in [0.05, 0.1) is 18.2 Å². The number of ether oxygens (including phenoxy) is 2. The number of carbonyl (C=O) groups is 1. The minimum absolute atomic E-state index is 0.129. The van der Waals surface area contributed by atoms with Crippen LogP contribution >= 0.6 is 0 Å². The fourth-order valence-corrected chi connectivity index (χ4v) is 2.74. The maximum Gasteiger partial charge on any atom is 0.338 e. The van der Waals surface area contributed by atoms with Crippen molar-refractivity contribution in [1.29, 1.82) is 0 Å². The van der Waals surface area contributed by atoms with Crippen molar-refractivity contribution in [2.75, 3.05) is 7.11 Å². The maximum atomic E-state index is 12.3. The molecule has 4 aromatic rings. The molecule has 0 saturated heterocycles. The molecule has 0 aliphatic rings.